The van der Waals surface area contributed by atoms with E-state index < -0.39 is 6.09 Å². The highest BCUT2D eigenvalue weighted by Crippen LogP contribution is 2.10. The zero-order chi connectivity index (χ0) is 13.5. The lowest BCUT2D eigenvalue weighted by molar-refractivity contribution is -0.114. The Hall–Kier alpha value is -2.04. The third-order valence-electron chi connectivity index (χ3n) is 2.05. The van der Waals surface area contributed by atoms with E-state index in [1.807, 2.05) is 13.8 Å². The summed E-state index contributed by atoms with van der Waals surface area (Å²) in [4.78, 5) is 22.1. The van der Waals surface area contributed by atoms with Crippen LogP contribution >= 0.6 is 0 Å². The van der Waals surface area contributed by atoms with Crippen LogP contribution in [0.5, 0.6) is 0 Å². The van der Waals surface area contributed by atoms with E-state index in [1.54, 1.807) is 24.3 Å². The van der Waals surface area contributed by atoms with Gasteiger partial charge < -0.3 is 15.4 Å². The fraction of sp³-hybridized carbons (Fsp3) is 0.385. The number of carbonyl (C=O) groups is 2. The number of anilines is 1. The SMILES string of the molecule is CC(=O)Nc1ccc(COC(=O)NC(C)C)cc1. The maximum atomic E-state index is 11.2. The summed E-state index contributed by atoms with van der Waals surface area (Å²) in [6, 6.07) is 7.18. The number of benzene rings is 1. The van der Waals surface area contributed by atoms with Gasteiger partial charge in [0.1, 0.15) is 6.61 Å². The molecule has 0 atom stereocenters. The van der Waals surface area contributed by atoms with Gasteiger partial charge in [0.05, 0.1) is 0 Å². The number of amides is 2. The van der Waals surface area contributed by atoms with Crippen molar-refractivity contribution < 1.29 is 14.3 Å². The number of nitrogens with one attached hydrogen (secondary N) is 2. The lowest BCUT2D eigenvalue weighted by Crippen LogP contribution is -2.30. The highest BCUT2D eigenvalue weighted by molar-refractivity contribution is 5.88. The molecule has 18 heavy (non-hydrogen) atoms. The molecule has 1 aromatic carbocycles. The Morgan fingerprint density at radius 3 is 2.33 bits per heavy atom. The van der Waals surface area contributed by atoms with Crippen LogP contribution in [-0.4, -0.2) is 18.0 Å². The highest BCUT2D eigenvalue weighted by atomic mass is 16.5. The number of ether oxygens (including phenoxy) is 1. The molecule has 5 heteroatoms. The smallest absolute Gasteiger partial charge is 0.407 e. The highest BCUT2D eigenvalue weighted by Gasteiger charge is 2.04. The second kappa shape index (κ2) is 6.64. The number of hydrogen-bond acceptors (Lipinski definition) is 3. The number of carbonyl (C=O) groups excluding carboxylic acids is 2. The molecule has 0 saturated carbocycles. The van der Waals surface area contributed by atoms with Crippen molar-refractivity contribution in [2.45, 2.75) is 33.4 Å². The average molecular weight is 250 g/mol. The molecule has 0 aromatic heterocycles. The Bertz CT molecular complexity index is 413. The van der Waals surface area contributed by atoms with Crippen LogP contribution in [0.1, 0.15) is 26.3 Å². The van der Waals surface area contributed by atoms with Gasteiger partial charge in [0.15, 0.2) is 0 Å². The minimum Gasteiger partial charge on any atom is -0.445 e. The number of rotatable bonds is 4. The summed E-state index contributed by atoms with van der Waals surface area (Å²) in [6.45, 7) is 5.39. The second-order valence-corrected chi connectivity index (χ2v) is 4.25. The summed E-state index contributed by atoms with van der Waals surface area (Å²) in [5.74, 6) is -0.115. The Morgan fingerprint density at radius 1 is 1.22 bits per heavy atom. The first-order valence-corrected chi connectivity index (χ1v) is 5.77. The second-order valence-electron chi connectivity index (χ2n) is 4.25. The van der Waals surface area contributed by atoms with E-state index in [2.05, 4.69) is 10.6 Å². The number of hydrogen-bond donors (Lipinski definition) is 2. The normalized spacial score (nSPS) is 10.0. The summed E-state index contributed by atoms with van der Waals surface area (Å²) in [6.07, 6.45) is -0.434. The quantitative estimate of drug-likeness (QED) is 0.861. The molecule has 2 N–H and O–H groups in total. The van der Waals surface area contributed by atoms with Gasteiger partial charge in [-0.25, -0.2) is 4.79 Å². The Balaban J connectivity index is 2.44. The van der Waals surface area contributed by atoms with Crippen LogP contribution in [0.3, 0.4) is 0 Å². The molecule has 0 aliphatic rings. The van der Waals surface area contributed by atoms with Crippen LogP contribution in [0.25, 0.3) is 0 Å². The minimum atomic E-state index is -0.434. The minimum absolute atomic E-state index is 0.0552. The van der Waals surface area contributed by atoms with Crippen LogP contribution in [0, 0.1) is 0 Å². The van der Waals surface area contributed by atoms with Crippen molar-refractivity contribution in [1.29, 1.82) is 0 Å². The van der Waals surface area contributed by atoms with E-state index in [4.69, 9.17) is 4.74 Å². The van der Waals surface area contributed by atoms with Gasteiger partial charge in [-0.2, -0.15) is 0 Å². The van der Waals surface area contributed by atoms with Crippen molar-refractivity contribution in [1.82, 2.24) is 5.32 Å². The van der Waals surface area contributed by atoms with E-state index >= 15 is 0 Å². The van der Waals surface area contributed by atoms with Gasteiger partial charge in [0, 0.05) is 18.7 Å². The largest absolute Gasteiger partial charge is 0.445 e. The van der Waals surface area contributed by atoms with Gasteiger partial charge in [-0.3, -0.25) is 4.79 Å². The molecular weight excluding hydrogens is 232 g/mol. The summed E-state index contributed by atoms with van der Waals surface area (Å²) in [5, 5.41) is 5.30. The molecule has 0 bridgehead atoms. The average Bonchev–Trinajstić information content (AvgIpc) is 2.26. The number of alkyl carbamates (subject to hydrolysis) is 1. The van der Waals surface area contributed by atoms with Crippen molar-refractivity contribution in [2.24, 2.45) is 0 Å². The third kappa shape index (κ3) is 5.34. The molecule has 0 unspecified atom stereocenters. The molecule has 1 aromatic rings. The molecule has 0 spiro atoms. The predicted octanol–water partition coefficient (Wildman–Crippen LogP) is 2.28. The fourth-order valence-corrected chi connectivity index (χ4v) is 1.31. The molecule has 0 saturated heterocycles. The Kier molecular flexibility index (Phi) is 5.17. The molecule has 98 valence electrons. The van der Waals surface area contributed by atoms with Crippen LogP contribution in [0.15, 0.2) is 24.3 Å². The van der Waals surface area contributed by atoms with Crippen molar-refractivity contribution in [3.63, 3.8) is 0 Å². The third-order valence-corrected chi connectivity index (χ3v) is 2.05. The van der Waals surface area contributed by atoms with E-state index in [1.165, 1.54) is 6.92 Å². The van der Waals surface area contributed by atoms with Gasteiger partial charge in [0.25, 0.3) is 0 Å². The fourth-order valence-electron chi connectivity index (χ4n) is 1.31. The predicted molar refractivity (Wildman–Crippen MR) is 69.2 cm³/mol. The van der Waals surface area contributed by atoms with E-state index in [0.29, 0.717) is 0 Å². The van der Waals surface area contributed by atoms with Crippen LogP contribution < -0.4 is 10.6 Å². The molecule has 5 nitrogen and oxygen atoms in total. The van der Waals surface area contributed by atoms with Crippen LogP contribution in [-0.2, 0) is 16.1 Å². The zero-order valence-electron chi connectivity index (χ0n) is 10.8. The van der Waals surface area contributed by atoms with Gasteiger partial charge in [0.2, 0.25) is 5.91 Å². The zero-order valence-corrected chi connectivity index (χ0v) is 10.8. The molecule has 0 radical (unpaired) electrons. The van der Waals surface area contributed by atoms with E-state index in [9.17, 15) is 9.59 Å². The van der Waals surface area contributed by atoms with E-state index in [0.717, 1.165) is 11.3 Å². The molecule has 0 aliphatic carbocycles. The molecule has 1 rings (SSSR count). The Labute approximate surface area is 107 Å². The van der Waals surface area contributed by atoms with Gasteiger partial charge in [-0.05, 0) is 31.5 Å². The summed E-state index contributed by atoms with van der Waals surface area (Å²) in [5.41, 5.74) is 1.58. The summed E-state index contributed by atoms with van der Waals surface area (Å²) < 4.78 is 5.02. The van der Waals surface area contributed by atoms with Crippen LogP contribution in [0.4, 0.5) is 10.5 Å². The van der Waals surface area contributed by atoms with Crippen molar-refractivity contribution in [3.05, 3.63) is 29.8 Å². The van der Waals surface area contributed by atoms with Gasteiger partial charge >= 0.3 is 6.09 Å². The molecule has 0 aliphatic heterocycles. The summed E-state index contributed by atoms with van der Waals surface area (Å²) >= 11 is 0. The first kappa shape index (κ1) is 14.0. The van der Waals surface area contributed by atoms with Crippen molar-refractivity contribution in [2.75, 3.05) is 5.32 Å². The van der Waals surface area contributed by atoms with E-state index in [-0.39, 0.29) is 18.6 Å². The topological polar surface area (TPSA) is 67.4 Å². The maximum absolute atomic E-state index is 11.2. The van der Waals surface area contributed by atoms with Gasteiger partial charge in [-0.1, -0.05) is 12.1 Å². The van der Waals surface area contributed by atoms with Crippen LogP contribution in [0.2, 0.25) is 0 Å². The summed E-state index contributed by atoms with van der Waals surface area (Å²) in [7, 11) is 0. The van der Waals surface area contributed by atoms with Crippen molar-refractivity contribution >= 4 is 17.7 Å². The molecule has 0 heterocycles. The first-order valence-electron chi connectivity index (χ1n) is 5.77. The molecular formula is C13H18N2O3. The lowest BCUT2D eigenvalue weighted by atomic mass is 10.2. The maximum Gasteiger partial charge on any atom is 0.407 e. The monoisotopic (exact) mass is 250 g/mol. The standard InChI is InChI=1S/C13H18N2O3/c1-9(2)14-13(17)18-8-11-4-6-12(7-5-11)15-10(3)16/h4-7,9H,8H2,1-3H3,(H,14,17)(H,15,16). The van der Waals surface area contributed by atoms with Gasteiger partial charge in [-0.15, -0.1) is 0 Å². The first-order chi connectivity index (χ1) is 8.47. The Morgan fingerprint density at radius 2 is 1.83 bits per heavy atom. The lowest BCUT2D eigenvalue weighted by Gasteiger charge is -2.09. The van der Waals surface area contributed by atoms with Crippen molar-refractivity contribution in [3.8, 4) is 0 Å². The molecule has 0 fully saturated rings. The molecule has 2 amide bonds.